The van der Waals surface area contributed by atoms with E-state index in [1.807, 2.05) is 24.3 Å². The van der Waals surface area contributed by atoms with Gasteiger partial charge in [-0.1, -0.05) is 42.5 Å². The van der Waals surface area contributed by atoms with Crippen molar-refractivity contribution < 1.29 is 23.5 Å². The SMILES string of the molecule is COC(=O)C(F)(Cc1ccc2ccccc2c1)C(=O)OC. The minimum absolute atomic E-state index is 0.433. The summed E-state index contributed by atoms with van der Waals surface area (Å²) in [5, 5.41) is 1.88. The highest BCUT2D eigenvalue weighted by atomic mass is 19.1. The number of hydrogen-bond donors (Lipinski definition) is 0. The number of alkyl halides is 1. The van der Waals surface area contributed by atoms with Crippen LogP contribution in [0.25, 0.3) is 10.8 Å². The fourth-order valence-electron chi connectivity index (χ4n) is 2.18. The minimum atomic E-state index is -2.84. The number of rotatable bonds is 4. The molecule has 2 aromatic rings. The largest absolute Gasteiger partial charge is 0.466 e. The summed E-state index contributed by atoms with van der Waals surface area (Å²) in [6, 6.07) is 12.7. The summed E-state index contributed by atoms with van der Waals surface area (Å²) >= 11 is 0. The lowest BCUT2D eigenvalue weighted by molar-refractivity contribution is -0.171. The quantitative estimate of drug-likeness (QED) is 0.641. The van der Waals surface area contributed by atoms with E-state index in [0.29, 0.717) is 5.56 Å². The molecule has 2 rings (SSSR count). The lowest BCUT2D eigenvalue weighted by Crippen LogP contribution is -2.46. The molecular formula is C16H15FO4. The smallest absolute Gasteiger partial charge is 0.355 e. The number of carbonyl (C=O) groups excluding carboxylic acids is 2. The Hall–Kier alpha value is -2.43. The lowest BCUT2D eigenvalue weighted by atomic mass is 9.94. The number of esters is 2. The number of ether oxygens (including phenoxy) is 2. The number of hydrogen-bond acceptors (Lipinski definition) is 4. The second kappa shape index (κ2) is 5.91. The molecule has 0 aliphatic carbocycles. The Kier molecular flexibility index (Phi) is 4.21. The van der Waals surface area contributed by atoms with Crippen molar-refractivity contribution in [3.63, 3.8) is 0 Å². The zero-order valence-corrected chi connectivity index (χ0v) is 11.8. The third-order valence-corrected chi connectivity index (χ3v) is 3.28. The van der Waals surface area contributed by atoms with Crippen LogP contribution in [0.4, 0.5) is 4.39 Å². The van der Waals surface area contributed by atoms with Gasteiger partial charge in [-0.2, -0.15) is 0 Å². The van der Waals surface area contributed by atoms with Crippen molar-refractivity contribution in [3.8, 4) is 0 Å². The highest BCUT2D eigenvalue weighted by molar-refractivity contribution is 6.03. The first-order valence-electron chi connectivity index (χ1n) is 6.34. The zero-order chi connectivity index (χ0) is 15.5. The molecule has 0 unspecified atom stereocenters. The number of halogens is 1. The number of carbonyl (C=O) groups is 2. The van der Waals surface area contributed by atoms with Gasteiger partial charge in [0.15, 0.2) is 0 Å². The maximum atomic E-state index is 14.7. The van der Waals surface area contributed by atoms with Crippen molar-refractivity contribution in [1.29, 1.82) is 0 Å². The van der Waals surface area contributed by atoms with E-state index < -0.39 is 24.0 Å². The van der Waals surface area contributed by atoms with Gasteiger partial charge in [-0.05, 0) is 16.3 Å². The highest BCUT2D eigenvalue weighted by Gasteiger charge is 2.49. The van der Waals surface area contributed by atoms with E-state index in [4.69, 9.17) is 0 Å². The molecule has 0 radical (unpaired) electrons. The number of methoxy groups -OCH3 is 2. The van der Waals surface area contributed by atoms with Crippen molar-refractivity contribution in [1.82, 2.24) is 0 Å². The zero-order valence-electron chi connectivity index (χ0n) is 11.8. The molecule has 0 aromatic heterocycles. The summed E-state index contributed by atoms with van der Waals surface area (Å²) in [5.74, 6) is -2.52. The molecule has 0 N–H and O–H groups in total. The fraction of sp³-hybridized carbons (Fsp3) is 0.250. The molecule has 4 nitrogen and oxygen atoms in total. The molecule has 0 amide bonds. The maximum Gasteiger partial charge on any atom is 0.355 e. The van der Waals surface area contributed by atoms with Gasteiger partial charge >= 0.3 is 17.6 Å². The van der Waals surface area contributed by atoms with Crippen LogP contribution in [0.1, 0.15) is 5.56 Å². The second-order valence-electron chi connectivity index (χ2n) is 4.64. The van der Waals surface area contributed by atoms with Crippen molar-refractivity contribution in [3.05, 3.63) is 48.0 Å². The molecule has 0 atom stereocenters. The van der Waals surface area contributed by atoms with Gasteiger partial charge in [0, 0.05) is 6.42 Å². The Balaban J connectivity index is 2.38. The van der Waals surface area contributed by atoms with Crippen molar-refractivity contribution in [2.24, 2.45) is 0 Å². The topological polar surface area (TPSA) is 52.6 Å². The van der Waals surface area contributed by atoms with Crippen molar-refractivity contribution in [2.45, 2.75) is 12.1 Å². The molecule has 0 saturated heterocycles. The summed E-state index contributed by atoms with van der Waals surface area (Å²) in [4.78, 5) is 23.2. The third kappa shape index (κ3) is 2.86. The first-order valence-corrected chi connectivity index (χ1v) is 6.34. The molecule has 5 heteroatoms. The van der Waals surface area contributed by atoms with Gasteiger partial charge in [-0.25, -0.2) is 14.0 Å². The molecule has 110 valence electrons. The molecule has 0 spiro atoms. The van der Waals surface area contributed by atoms with E-state index in [-0.39, 0.29) is 0 Å². The van der Waals surface area contributed by atoms with E-state index >= 15 is 0 Å². The highest BCUT2D eigenvalue weighted by Crippen LogP contribution is 2.24. The fourth-order valence-corrected chi connectivity index (χ4v) is 2.18. The predicted molar refractivity (Wildman–Crippen MR) is 75.5 cm³/mol. The Morgan fingerprint density at radius 3 is 2.14 bits per heavy atom. The van der Waals surface area contributed by atoms with E-state index in [2.05, 4.69) is 9.47 Å². The van der Waals surface area contributed by atoms with Crippen LogP contribution in [0, 0.1) is 0 Å². The van der Waals surface area contributed by atoms with Crippen LogP contribution in [0.3, 0.4) is 0 Å². The van der Waals surface area contributed by atoms with Crippen LogP contribution in [0.15, 0.2) is 42.5 Å². The number of benzene rings is 2. The summed E-state index contributed by atoms with van der Waals surface area (Å²) in [5.41, 5.74) is -2.33. The van der Waals surface area contributed by atoms with Gasteiger partial charge in [0.1, 0.15) is 0 Å². The first-order chi connectivity index (χ1) is 10.0. The van der Waals surface area contributed by atoms with Crippen LogP contribution < -0.4 is 0 Å². The molecule has 0 heterocycles. The Morgan fingerprint density at radius 2 is 1.57 bits per heavy atom. The normalized spacial score (nSPS) is 11.2. The first kappa shape index (κ1) is 15.0. The average molecular weight is 290 g/mol. The van der Waals surface area contributed by atoms with Crippen LogP contribution in [0.2, 0.25) is 0 Å². The third-order valence-electron chi connectivity index (χ3n) is 3.28. The molecule has 0 fully saturated rings. The molecular weight excluding hydrogens is 275 g/mol. The van der Waals surface area contributed by atoms with Crippen molar-refractivity contribution >= 4 is 22.7 Å². The molecule has 21 heavy (non-hydrogen) atoms. The second-order valence-corrected chi connectivity index (χ2v) is 4.64. The monoisotopic (exact) mass is 290 g/mol. The van der Waals surface area contributed by atoms with Crippen molar-refractivity contribution in [2.75, 3.05) is 14.2 Å². The van der Waals surface area contributed by atoms with Gasteiger partial charge in [0.2, 0.25) is 0 Å². The lowest BCUT2D eigenvalue weighted by Gasteiger charge is -2.20. The molecule has 0 saturated carbocycles. The summed E-state index contributed by atoms with van der Waals surface area (Å²) in [6.45, 7) is 0. The van der Waals surface area contributed by atoms with E-state index in [1.54, 1.807) is 18.2 Å². The summed E-state index contributed by atoms with van der Waals surface area (Å²) < 4.78 is 23.5. The van der Waals surface area contributed by atoms with Gasteiger partial charge < -0.3 is 9.47 Å². The van der Waals surface area contributed by atoms with Crippen LogP contribution >= 0.6 is 0 Å². The Labute approximate surface area is 121 Å². The predicted octanol–water partition coefficient (Wildman–Crippen LogP) is 2.44. The maximum absolute atomic E-state index is 14.7. The molecule has 2 aromatic carbocycles. The van der Waals surface area contributed by atoms with E-state index in [0.717, 1.165) is 25.0 Å². The molecule has 0 bridgehead atoms. The minimum Gasteiger partial charge on any atom is -0.466 e. The molecule has 0 aliphatic heterocycles. The van der Waals surface area contributed by atoms with Gasteiger partial charge in [0.25, 0.3) is 0 Å². The molecule has 0 aliphatic rings. The van der Waals surface area contributed by atoms with E-state index in [1.165, 1.54) is 0 Å². The van der Waals surface area contributed by atoms with Crippen LogP contribution in [-0.4, -0.2) is 31.8 Å². The van der Waals surface area contributed by atoms with Gasteiger partial charge in [-0.3, -0.25) is 0 Å². The van der Waals surface area contributed by atoms with E-state index in [9.17, 15) is 14.0 Å². The van der Waals surface area contributed by atoms with Crippen LogP contribution in [-0.2, 0) is 25.5 Å². The van der Waals surface area contributed by atoms with Gasteiger partial charge in [-0.15, -0.1) is 0 Å². The summed E-state index contributed by atoms with van der Waals surface area (Å²) in [7, 11) is 2.06. The average Bonchev–Trinajstić information content (AvgIpc) is 2.52. The van der Waals surface area contributed by atoms with Gasteiger partial charge in [0.05, 0.1) is 14.2 Å². The number of fused-ring (bicyclic) bond motifs is 1. The summed E-state index contributed by atoms with van der Waals surface area (Å²) in [6.07, 6.45) is -0.433. The van der Waals surface area contributed by atoms with Crippen LogP contribution in [0.5, 0.6) is 0 Å². The standard InChI is InChI=1S/C16H15FO4/c1-20-14(18)16(17,15(19)21-2)10-11-7-8-12-5-3-4-6-13(12)9-11/h3-9H,10H2,1-2H3. The Bertz CT molecular complexity index is 665. The Morgan fingerprint density at radius 1 is 1.00 bits per heavy atom.